The molecule has 0 aliphatic carbocycles. The Balaban J connectivity index is 2.10. The number of hydrogen-bond acceptors (Lipinski definition) is 3. The van der Waals surface area contributed by atoms with Crippen LogP contribution < -0.4 is 0 Å². The number of pyridine rings is 1. The molecule has 0 aliphatic rings. The molecule has 0 amide bonds. The van der Waals surface area contributed by atoms with Gasteiger partial charge in [0.2, 0.25) is 0 Å². The lowest BCUT2D eigenvalue weighted by Crippen LogP contribution is -2.04. The first-order valence-electron chi connectivity index (χ1n) is 6.65. The fraction of sp³-hybridized carbons (Fsp3) is 0.176. The van der Waals surface area contributed by atoms with Crippen LogP contribution in [0.5, 0.6) is 0 Å². The molecular weight excluding hydrogens is 266 g/mol. The number of thiophene rings is 1. The van der Waals surface area contributed by atoms with Gasteiger partial charge in [-0.1, -0.05) is 32.0 Å². The van der Waals surface area contributed by atoms with E-state index in [0.717, 1.165) is 26.2 Å². The number of aromatic nitrogens is 1. The largest absolute Gasteiger partial charge is 0.293 e. The summed E-state index contributed by atoms with van der Waals surface area (Å²) in [6, 6.07) is 14.1. The van der Waals surface area contributed by atoms with Crippen molar-refractivity contribution in [1.82, 2.24) is 4.98 Å². The first kappa shape index (κ1) is 13.0. The third kappa shape index (κ3) is 2.25. The topological polar surface area (TPSA) is 30.0 Å². The van der Waals surface area contributed by atoms with Crippen LogP contribution in [-0.2, 0) is 0 Å². The van der Waals surface area contributed by atoms with Gasteiger partial charge in [-0.15, -0.1) is 11.3 Å². The molecule has 0 bridgehead atoms. The van der Waals surface area contributed by atoms with Gasteiger partial charge in [-0.2, -0.15) is 0 Å². The zero-order valence-electron chi connectivity index (χ0n) is 11.5. The molecule has 0 N–H and O–H groups in total. The molecule has 2 aromatic heterocycles. The molecule has 0 aliphatic heterocycles. The fourth-order valence-corrected chi connectivity index (χ4v) is 3.35. The minimum atomic E-state index is 0.0377. The second-order valence-electron chi connectivity index (χ2n) is 5.06. The molecule has 0 unspecified atom stereocenters. The number of nitrogens with zero attached hydrogens (tertiary/aromatic N) is 1. The normalized spacial score (nSPS) is 11.2. The average molecular weight is 281 g/mol. The minimum absolute atomic E-state index is 0.0377. The number of Topliss-reactive ketones (excluding diaryl/α,β-unsaturated/α-hetero) is 1. The van der Waals surface area contributed by atoms with Gasteiger partial charge in [0.1, 0.15) is 0 Å². The summed E-state index contributed by atoms with van der Waals surface area (Å²) in [5.41, 5.74) is 2.12. The molecular formula is C17H15NOS. The van der Waals surface area contributed by atoms with Crippen molar-refractivity contribution in [3.63, 3.8) is 0 Å². The lowest BCUT2D eigenvalue weighted by atomic mass is 10.1. The third-order valence-corrected chi connectivity index (χ3v) is 4.42. The Morgan fingerprint density at radius 3 is 2.75 bits per heavy atom. The van der Waals surface area contributed by atoms with Gasteiger partial charge in [0.05, 0.1) is 10.4 Å². The van der Waals surface area contributed by atoms with Gasteiger partial charge >= 0.3 is 0 Å². The Labute approximate surface area is 122 Å². The summed E-state index contributed by atoms with van der Waals surface area (Å²) >= 11 is 1.56. The summed E-state index contributed by atoms with van der Waals surface area (Å²) in [5, 5.41) is 1.13. The highest BCUT2D eigenvalue weighted by Crippen LogP contribution is 2.33. The van der Waals surface area contributed by atoms with Crippen molar-refractivity contribution in [3.8, 4) is 10.4 Å². The SMILES string of the molecule is CC(C)C(=O)c1ccc(-c2cccc3ncccc23)s1. The predicted octanol–water partition coefficient (Wildman–Crippen LogP) is 4.80. The highest BCUT2D eigenvalue weighted by molar-refractivity contribution is 7.17. The standard InChI is InChI=1S/C17H15NOS/c1-11(2)17(19)16-9-8-15(20-16)13-5-3-7-14-12(13)6-4-10-18-14/h3-11H,1-2H3. The Kier molecular flexibility index (Phi) is 3.36. The molecule has 3 aromatic rings. The van der Waals surface area contributed by atoms with Crippen LogP contribution >= 0.6 is 11.3 Å². The first-order chi connectivity index (χ1) is 9.66. The van der Waals surface area contributed by atoms with Gasteiger partial charge in [0, 0.05) is 27.9 Å². The summed E-state index contributed by atoms with van der Waals surface area (Å²) in [5.74, 6) is 0.246. The van der Waals surface area contributed by atoms with E-state index in [1.54, 1.807) is 17.5 Å². The van der Waals surface area contributed by atoms with E-state index in [9.17, 15) is 4.79 Å². The molecule has 0 saturated carbocycles. The van der Waals surface area contributed by atoms with E-state index in [1.807, 2.05) is 44.2 Å². The van der Waals surface area contributed by atoms with Gasteiger partial charge in [-0.25, -0.2) is 0 Å². The van der Waals surface area contributed by atoms with Crippen LogP contribution in [0, 0.1) is 5.92 Å². The van der Waals surface area contributed by atoms with E-state index >= 15 is 0 Å². The molecule has 0 atom stereocenters. The summed E-state index contributed by atoms with van der Waals surface area (Å²) < 4.78 is 0. The van der Waals surface area contributed by atoms with E-state index in [0.29, 0.717) is 0 Å². The van der Waals surface area contributed by atoms with Crippen LogP contribution in [0.25, 0.3) is 21.3 Å². The van der Waals surface area contributed by atoms with Crippen LogP contribution in [0.2, 0.25) is 0 Å². The molecule has 100 valence electrons. The van der Waals surface area contributed by atoms with Crippen LogP contribution in [0.3, 0.4) is 0 Å². The molecule has 3 rings (SSSR count). The minimum Gasteiger partial charge on any atom is -0.293 e. The molecule has 3 heteroatoms. The number of fused-ring (bicyclic) bond motifs is 1. The second kappa shape index (κ2) is 5.17. The number of benzene rings is 1. The Bertz CT molecular complexity index is 768. The van der Waals surface area contributed by atoms with Gasteiger partial charge in [-0.05, 0) is 24.3 Å². The van der Waals surface area contributed by atoms with E-state index in [1.165, 1.54) is 0 Å². The molecule has 2 nitrogen and oxygen atoms in total. The summed E-state index contributed by atoms with van der Waals surface area (Å²) in [4.78, 5) is 18.4. The molecule has 0 fully saturated rings. The number of carbonyl (C=O) groups is 1. The average Bonchev–Trinajstić information content (AvgIpc) is 2.95. The molecule has 2 heterocycles. The summed E-state index contributed by atoms with van der Waals surface area (Å²) in [6.07, 6.45) is 1.80. The molecule has 0 saturated heterocycles. The molecule has 1 aromatic carbocycles. The van der Waals surface area contributed by atoms with Crippen LogP contribution in [0.4, 0.5) is 0 Å². The zero-order valence-corrected chi connectivity index (χ0v) is 12.3. The van der Waals surface area contributed by atoms with E-state index < -0.39 is 0 Å². The molecule has 0 spiro atoms. The van der Waals surface area contributed by atoms with Crippen molar-refractivity contribution >= 4 is 28.0 Å². The smallest absolute Gasteiger partial charge is 0.175 e. The van der Waals surface area contributed by atoms with Crippen LogP contribution in [0.15, 0.2) is 48.7 Å². The molecule has 0 radical (unpaired) electrons. The number of hydrogen-bond donors (Lipinski definition) is 0. The fourth-order valence-electron chi connectivity index (χ4n) is 2.22. The van der Waals surface area contributed by atoms with Crippen molar-refractivity contribution in [2.24, 2.45) is 5.92 Å². The highest BCUT2D eigenvalue weighted by atomic mass is 32.1. The summed E-state index contributed by atoms with van der Waals surface area (Å²) in [6.45, 7) is 3.87. The van der Waals surface area contributed by atoms with Crippen molar-refractivity contribution in [2.45, 2.75) is 13.8 Å². The van der Waals surface area contributed by atoms with Crippen LogP contribution in [-0.4, -0.2) is 10.8 Å². The Morgan fingerprint density at radius 1 is 1.10 bits per heavy atom. The van der Waals surface area contributed by atoms with Gasteiger partial charge in [0.15, 0.2) is 5.78 Å². The lowest BCUT2D eigenvalue weighted by Gasteiger charge is -2.03. The third-order valence-electron chi connectivity index (χ3n) is 3.28. The van der Waals surface area contributed by atoms with Gasteiger partial charge in [0.25, 0.3) is 0 Å². The van der Waals surface area contributed by atoms with Crippen molar-refractivity contribution < 1.29 is 4.79 Å². The monoisotopic (exact) mass is 281 g/mol. The maximum Gasteiger partial charge on any atom is 0.175 e. The number of rotatable bonds is 3. The van der Waals surface area contributed by atoms with Gasteiger partial charge < -0.3 is 0 Å². The van der Waals surface area contributed by atoms with E-state index in [-0.39, 0.29) is 11.7 Å². The Hall–Kier alpha value is -2.00. The predicted molar refractivity (Wildman–Crippen MR) is 84.2 cm³/mol. The Morgan fingerprint density at radius 2 is 1.95 bits per heavy atom. The van der Waals surface area contributed by atoms with Crippen LogP contribution in [0.1, 0.15) is 23.5 Å². The van der Waals surface area contributed by atoms with E-state index in [4.69, 9.17) is 0 Å². The zero-order chi connectivity index (χ0) is 14.1. The summed E-state index contributed by atoms with van der Waals surface area (Å²) in [7, 11) is 0. The van der Waals surface area contributed by atoms with Crippen molar-refractivity contribution in [3.05, 3.63) is 53.5 Å². The highest BCUT2D eigenvalue weighted by Gasteiger charge is 2.14. The second-order valence-corrected chi connectivity index (χ2v) is 6.14. The maximum atomic E-state index is 12.1. The molecule has 20 heavy (non-hydrogen) atoms. The maximum absolute atomic E-state index is 12.1. The first-order valence-corrected chi connectivity index (χ1v) is 7.46. The van der Waals surface area contributed by atoms with E-state index in [2.05, 4.69) is 17.1 Å². The quantitative estimate of drug-likeness (QED) is 0.645. The van der Waals surface area contributed by atoms with Gasteiger partial charge in [-0.3, -0.25) is 9.78 Å². The number of ketones is 1. The van der Waals surface area contributed by atoms with Crippen molar-refractivity contribution in [2.75, 3.05) is 0 Å². The number of carbonyl (C=O) groups excluding carboxylic acids is 1. The lowest BCUT2D eigenvalue weighted by molar-refractivity contribution is 0.0943. The van der Waals surface area contributed by atoms with Crippen molar-refractivity contribution in [1.29, 1.82) is 0 Å².